The van der Waals surface area contributed by atoms with Crippen molar-refractivity contribution in [3.63, 3.8) is 0 Å². The lowest BCUT2D eigenvalue weighted by Crippen LogP contribution is -2.43. The first-order chi connectivity index (χ1) is 8.54. The standard InChI is InChI=1S/C14H29N3O/c1-4-7-17-8-5-13(6-9-17)10-16-14(18)11(2)12(3)15/h11-13H,4-10,15H2,1-3H3,(H,16,18). The van der Waals surface area contributed by atoms with Crippen LogP contribution in [0.25, 0.3) is 0 Å². The summed E-state index contributed by atoms with van der Waals surface area (Å²) in [6.45, 7) is 10.4. The first-order valence-electron chi connectivity index (χ1n) is 7.30. The number of carbonyl (C=O) groups is 1. The van der Waals surface area contributed by atoms with Crippen molar-refractivity contribution in [2.75, 3.05) is 26.2 Å². The molecule has 0 spiro atoms. The van der Waals surface area contributed by atoms with E-state index in [1.807, 2.05) is 13.8 Å². The largest absolute Gasteiger partial charge is 0.356 e. The molecule has 4 nitrogen and oxygen atoms in total. The van der Waals surface area contributed by atoms with Crippen molar-refractivity contribution in [3.05, 3.63) is 0 Å². The number of rotatable bonds is 6. The molecule has 2 unspecified atom stereocenters. The van der Waals surface area contributed by atoms with Gasteiger partial charge in [0.1, 0.15) is 0 Å². The molecule has 106 valence electrons. The third kappa shape index (κ3) is 4.94. The van der Waals surface area contributed by atoms with Crippen molar-refractivity contribution in [1.29, 1.82) is 0 Å². The molecule has 1 aliphatic rings. The molecule has 1 heterocycles. The van der Waals surface area contributed by atoms with Crippen LogP contribution in [0.1, 0.15) is 40.0 Å². The smallest absolute Gasteiger partial charge is 0.224 e. The van der Waals surface area contributed by atoms with Gasteiger partial charge in [0.25, 0.3) is 0 Å². The summed E-state index contributed by atoms with van der Waals surface area (Å²) in [6.07, 6.45) is 3.63. The minimum Gasteiger partial charge on any atom is -0.356 e. The van der Waals surface area contributed by atoms with Gasteiger partial charge in [0.15, 0.2) is 0 Å². The molecule has 0 aromatic heterocycles. The highest BCUT2D eigenvalue weighted by Crippen LogP contribution is 2.16. The molecule has 1 aliphatic heterocycles. The van der Waals surface area contributed by atoms with Crippen LogP contribution >= 0.6 is 0 Å². The Labute approximate surface area is 111 Å². The van der Waals surface area contributed by atoms with E-state index in [4.69, 9.17) is 5.73 Å². The van der Waals surface area contributed by atoms with Crippen molar-refractivity contribution in [2.24, 2.45) is 17.6 Å². The average Bonchev–Trinajstić information content (AvgIpc) is 2.37. The van der Waals surface area contributed by atoms with Gasteiger partial charge in [-0.05, 0) is 51.7 Å². The first kappa shape index (κ1) is 15.4. The minimum atomic E-state index is -0.0924. The fourth-order valence-electron chi connectivity index (χ4n) is 2.38. The van der Waals surface area contributed by atoms with Crippen LogP contribution in [0.4, 0.5) is 0 Å². The Morgan fingerprint density at radius 2 is 2.00 bits per heavy atom. The average molecular weight is 255 g/mol. The van der Waals surface area contributed by atoms with E-state index in [0.29, 0.717) is 5.92 Å². The van der Waals surface area contributed by atoms with E-state index in [-0.39, 0.29) is 17.9 Å². The Morgan fingerprint density at radius 3 is 2.50 bits per heavy atom. The fraction of sp³-hybridized carbons (Fsp3) is 0.929. The molecular formula is C14H29N3O. The molecule has 1 amide bonds. The predicted octanol–water partition coefficient (Wildman–Crippen LogP) is 1.21. The van der Waals surface area contributed by atoms with Gasteiger partial charge in [-0.3, -0.25) is 4.79 Å². The lowest BCUT2D eigenvalue weighted by atomic mass is 9.96. The van der Waals surface area contributed by atoms with Gasteiger partial charge in [-0.15, -0.1) is 0 Å². The highest BCUT2D eigenvalue weighted by Gasteiger charge is 2.21. The lowest BCUT2D eigenvalue weighted by Gasteiger charge is -2.32. The van der Waals surface area contributed by atoms with Crippen molar-refractivity contribution < 1.29 is 4.79 Å². The summed E-state index contributed by atoms with van der Waals surface area (Å²) in [5.41, 5.74) is 5.73. The summed E-state index contributed by atoms with van der Waals surface area (Å²) >= 11 is 0. The third-order valence-electron chi connectivity index (χ3n) is 4.01. The van der Waals surface area contributed by atoms with E-state index >= 15 is 0 Å². The van der Waals surface area contributed by atoms with Crippen molar-refractivity contribution in [1.82, 2.24) is 10.2 Å². The summed E-state index contributed by atoms with van der Waals surface area (Å²) < 4.78 is 0. The first-order valence-corrected chi connectivity index (χ1v) is 7.30. The fourth-order valence-corrected chi connectivity index (χ4v) is 2.38. The maximum Gasteiger partial charge on any atom is 0.224 e. The number of nitrogens with zero attached hydrogens (tertiary/aromatic N) is 1. The van der Waals surface area contributed by atoms with E-state index in [1.165, 1.54) is 38.9 Å². The molecule has 0 aliphatic carbocycles. The quantitative estimate of drug-likeness (QED) is 0.750. The molecule has 4 heteroatoms. The highest BCUT2D eigenvalue weighted by molar-refractivity contribution is 5.78. The molecule has 18 heavy (non-hydrogen) atoms. The monoisotopic (exact) mass is 255 g/mol. The van der Waals surface area contributed by atoms with Gasteiger partial charge >= 0.3 is 0 Å². The van der Waals surface area contributed by atoms with E-state index in [0.717, 1.165) is 6.54 Å². The molecule has 1 saturated heterocycles. The van der Waals surface area contributed by atoms with Crippen molar-refractivity contribution in [3.8, 4) is 0 Å². The molecule has 3 N–H and O–H groups in total. The molecule has 2 atom stereocenters. The van der Waals surface area contributed by atoms with E-state index in [1.54, 1.807) is 0 Å². The van der Waals surface area contributed by atoms with E-state index in [9.17, 15) is 4.79 Å². The van der Waals surface area contributed by atoms with Crippen LogP contribution in [0.2, 0.25) is 0 Å². The molecule has 0 aromatic rings. The van der Waals surface area contributed by atoms with Crippen LogP contribution in [0.3, 0.4) is 0 Å². The van der Waals surface area contributed by atoms with Gasteiger partial charge in [-0.2, -0.15) is 0 Å². The van der Waals surface area contributed by atoms with Crippen LogP contribution < -0.4 is 11.1 Å². The van der Waals surface area contributed by atoms with Gasteiger partial charge in [0.2, 0.25) is 5.91 Å². The van der Waals surface area contributed by atoms with Gasteiger partial charge in [0.05, 0.1) is 0 Å². The SMILES string of the molecule is CCCN1CCC(CNC(=O)C(C)C(C)N)CC1. The Bertz CT molecular complexity index is 247. The van der Waals surface area contributed by atoms with Crippen molar-refractivity contribution >= 4 is 5.91 Å². The summed E-state index contributed by atoms with van der Waals surface area (Å²) in [5.74, 6) is 0.647. The Balaban J connectivity index is 2.19. The molecule has 1 rings (SSSR count). The zero-order valence-corrected chi connectivity index (χ0v) is 12.1. The van der Waals surface area contributed by atoms with Gasteiger partial charge < -0.3 is 16.0 Å². The van der Waals surface area contributed by atoms with Gasteiger partial charge in [-0.1, -0.05) is 13.8 Å². The normalized spacial score (nSPS) is 21.6. The number of amides is 1. The predicted molar refractivity (Wildman–Crippen MR) is 75.3 cm³/mol. The maximum absolute atomic E-state index is 11.8. The van der Waals surface area contributed by atoms with Crippen LogP contribution in [0, 0.1) is 11.8 Å². The second-order valence-corrected chi connectivity index (χ2v) is 5.68. The molecule has 1 fully saturated rings. The van der Waals surface area contributed by atoms with Crippen LogP contribution in [0.15, 0.2) is 0 Å². The number of likely N-dealkylation sites (tertiary alicyclic amines) is 1. The zero-order chi connectivity index (χ0) is 13.5. The van der Waals surface area contributed by atoms with E-state index in [2.05, 4.69) is 17.1 Å². The minimum absolute atomic E-state index is 0.0728. The second kappa shape index (κ2) is 7.74. The second-order valence-electron chi connectivity index (χ2n) is 5.68. The number of hydrogen-bond acceptors (Lipinski definition) is 3. The summed E-state index contributed by atoms with van der Waals surface area (Å²) in [4.78, 5) is 14.3. The highest BCUT2D eigenvalue weighted by atomic mass is 16.1. The third-order valence-corrected chi connectivity index (χ3v) is 4.01. The number of nitrogens with one attached hydrogen (secondary N) is 1. The summed E-state index contributed by atoms with van der Waals surface area (Å²) in [6, 6.07) is -0.0728. The van der Waals surface area contributed by atoms with Gasteiger partial charge in [0, 0.05) is 18.5 Å². The van der Waals surface area contributed by atoms with Crippen LogP contribution in [0.5, 0.6) is 0 Å². The van der Waals surface area contributed by atoms with Crippen LogP contribution in [-0.2, 0) is 4.79 Å². The number of piperidine rings is 1. The van der Waals surface area contributed by atoms with E-state index < -0.39 is 0 Å². The molecule has 0 radical (unpaired) electrons. The molecule has 0 saturated carbocycles. The Morgan fingerprint density at radius 1 is 1.39 bits per heavy atom. The van der Waals surface area contributed by atoms with Crippen molar-refractivity contribution in [2.45, 2.75) is 46.1 Å². The zero-order valence-electron chi connectivity index (χ0n) is 12.1. The molecular weight excluding hydrogens is 226 g/mol. The molecule has 0 bridgehead atoms. The maximum atomic E-state index is 11.8. The lowest BCUT2D eigenvalue weighted by molar-refractivity contribution is -0.125. The Hall–Kier alpha value is -0.610. The molecule has 0 aromatic carbocycles. The van der Waals surface area contributed by atoms with Gasteiger partial charge in [-0.25, -0.2) is 0 Å². The van der Waals surface area contributed by atoms with Crippen LogP contribution in [-0.4, -0.2) is 43.0 Å². The topological polar surface area (TPSA) is 58.4 Å². The Kier molecular flexibility index (Phi) is 6.65. The number of nitrogens with two attached hydrogens (primary N) is 1. The summed E-state index contributed by atoms with van der Waals surface area (Å²) in [5, 5.41) is 3.04. The summed E-state index contributed by atoms with van der Waals surface area (Å²) in [7, 11) is 0. The number of hydrogen-bond donors (Lipinski definition) is 2. The number of carbonyl (C=O) groups excluding carboxylic acids is 1.